The van der Waals surface area contributed by atoms with Gasteiger partial charge in [-0.1, -0.05) is 18.3 Å². The van der Waals surface area contributed by atoms with Crippen molar-refractivity contribution in [3.63, 3.8) is 0 Å². The van der Waals surface area contributed by atoms with E-state index in [2.05, 4.69) is 31.9 Å². The minimum absolute atomic E-state index is 0.126. The number of nitrogens with zero attached hydrogens (tertiary/aromatic N) is 5. The van der Waals surface area contributed by atoms with Crippen LogP contribution in [-0.2, 0) is 4.79 Å². The van der Waals surface area contributed by atoms with Crippen LogP contribution >= 0.6 is 11.3 Å². The number of hydrogen-bond donors (Lipinski definition) is 1. The van der Waals surface area contributed by atoms with Crippen molar-refractivity contribution in [2.24, 2.45) is 5.92 Å². The van der Waals surface area contributed by atoms with Crippen molar-refractivity contribution in [1.29, 1.82) is 0 Å². The number of aromatic nitrogens is 2. The molecule has 8 heteroatoms. The minimum atomic E-state index is 0.126. The molecule has 0 aliphatic carbocycles. The summed E-state index contributed by atoms with van der Waals surface area (Å²) in [5, 5.41) is 4.19. The van der Waals surface area contributed by atoms with Crippen LogP contribution in [0.4, 0.5) is 5.13 Å². The molecule has 0 atom stereocenters. The summed E-state index contributed by atoms with van der Waals surface area (Å²) in [6.07, 6.45) is 3.60. The van der Waals surface area contributed by atoms with Crippen LogP contribution in [0.5, 0.6) is 0 Å². The molecule has 2 aromatic rings. The summed E-state index contributed by atoms with van der Waals surface area (Å²) in [7, 11) is 0. The molecule has 28 heavy (non-hydrogen) atoms. The molecule has 1 N–H and O–H groups in total. The lowest BCUT2D eigenvalue weighted by Crippen LogP contribution is -2.48. The van der Waals surface area contributed by atoms with Crippen LogP contribution in [-0.4, -0.2) is 84.6 Å². The number of anilines is 1. The van der Waals surface area contributed by atoms with Crippen molar-refractivity contribution in [3.8, 4) is 0 Å². The molecule has 152 valence electrons. The Labute approximate surface area is 170 Å². The molecule has 0 unspecified atom stereocenters. The molecule has 2 aromatic heterocycles. The number of carbonyl (C=O) groups is 1. The first-order valence-corrected chi connectivity index (χ1v) is 11.2. The number of amides is 1. The van der Waals surface area contributed by atoms with E-state index >= 15 is 0 Å². The lowest BCUT2D eigenvalue weighted by atomic mass is 9.96. The van der Waals surface area contributed by atoms with E-state index in [9.17, 15) is 4.79 Å². The maximum Gasteiger partial charge on any atom is 0.223 e. The van der Waals surface area contributed by atoms with Gasteiger partial charge in [0.05, 0.1) is 0 Å². The molecule has 2 aliphatic rings. The lowest BCUT2D eigenvalue weighted by Gasteiger charge is -2.34. The van der Waals surface area contributed by atoms with Crippen molar-refractivity contribution < 1.29 is 4.79 Å². The Morgan fingerprint density at radius 1 is 1.18 bits per heavy atom. The van der Waals surface area contributed by atoms with Crippen LogP contribution in [0.15, 0.2) is 18.3 Å². The predicted octanol–water partition coefficient (Wildman–Crippen LogP) is 1.66. The van der Waals surface area contributed by atoms with Gasteiger partial charge in [0, 0.05) is 64.5 Å². The van der Waals surface area contributed by atoms with Crippen molar-refractivity contribution >= 4 is 32.7 Å². The Hall–Kier alpha value is -1.77. The number of fused-ring (bicyclic) bond motifs is 1. The molecule has 0 saturated carbocycles. The first-order chi connectivity index (χ1) is 13.7. The van der Waals surface area contributed by atoms with E-state index in [1.807, 2.05) is 18.3 Å². The summed E-state index contributed by atoms with van der Waals surface area (Å²) in [5.41, 5.74) is 0.960. The number of pyridine rings is 1. The summed E-state index contributed by atoms with van der Waals surface area (Å²) in [5.74, 6) is 0.346. The molecule has 0 spiro atoms. The molecular weight excluding hydrogens is 372 g/mol. The van der Waals surface area contributed by atoms with E-state index in [1.54, 1.807) is 11.3 Å². The molecule has 7 nitrogen and oxygen atoms in total. The van der Waals surface area contributed by atoms with Gasteiger partial charge in [0.25, 0.3) is 0 Å². The van der Waals surface area contributed by atoms with Crippen LogP contribution in [0.1, 0.15) is 19.8 Å². The van der Waals surface area contributed by atoms with Gasteiger partial charge in [-0.05, 0) is 31.5 Å². The number of thiazole rings is 1. The van der Waals surface area contributed by atoms with Gasteiger partial charge in [0.1, 0.15) is 10.3 Å². The molecule has 0 radical (unpaired) electrons. The van der Waals surface area contributed by atoms with Crippen LogP contribution in [0.25, 0.3) is 10.3 Å². The van der Waals surface area contributed by atoms with Crippen molar-refractivity contribution in [3.05, 3.63) is 18.3 Å². The van der Waals surface area contributed by atoms with Gasteiger partial charge in [-0.25, -0.2) is 9.97 Å². The number of nitrogens with one attached hydrogen (secondary N) is 1. The first-order valence-electron chi connectivity index (χ1n) is 10.4. The fourth-order valence-electron chi connectivity index (χ4n) is 4.04. The van der Waals surface area contributed by atoms with Gasteiger partial charge in [-0.15, -0.1) is 0 Å². The number of likely N-dealkylation sites (N-methyl/N-ethyl adjacent to an activating group) is 1. The molecule has 4 rings (SSSR count). The zero-order valence-electron chi connectivity index (χ0n) is 16.6. The normalized spacial score (nSPS) is 20.0. The van der Waals surface area contributed by atoms with Gasteiger partial charge >= 0.3 is 0 Å². The third-order valence-corrected chi connectivity index (χ3v) is 6.97. The van der Waals surface area contributed by atoms with Gasteiger partial charge < -0.3 is 15.1 Å². The third-order valence-electron chi connectivity index (χ3n) is 5.93. The molecule has 4 heterocycles. The summed E-state index contributed by atoms with van der Waals surface area (Å²) in [6, 6.07) is 3.93. The van der Waals surface area contributed by atoms with Gasteiger partial charge in [0.2, 0.25) is 5.91 Å². The number of piperidine rings is 1. The largest absolute Gasteiger partial charge is 0.355 e. The summed E-state index contributed by atoms with van der Waals surface area (Å²) in [6.45, 7) is 11.3. The van der Waals surface area contributed by atoms with E-state index in [4.69, 9.17) is 4.98 Å². The quantitative estimate of drug-likeness (QED) is 0.793. The van der Waals surface area contributed by atoms with Crippen molar-refractivity contribution in [2.45, 2.75) is 19.8 Å². The SMILES string of the molecule is CCN1CCN(CCNC(=O)C2CCN(c3nc4cccnc4s3)CC2)CC1. The number of rotatable bonds is 6. The molecule has 2 saturated heterocycles. The van der Waals surface area contributed by atoms with E-state index in [0.717, 1.165) is 87.2 Å². The zero-order chi connectivity index (χ0) is 19.3. The smallest absolute Gasteiger partial charge is 0.223 e. The monoisotopic (exact) mass is 402 g/mol. The molecule has 2 aliphatic heterocycles. The van der Waals surface area contributed by atoms with E-state index in [0.29, 0.717) is 0 Å². The van der Waals surface area contributed by atoms with E-state index in [1.165, 1.54) is 0 Å². The fraction of sp³-hybridized carbons (Fsp3) is 0.650. The van der Waals surface area contributed by atoms with Crippen molar-refractivity contribution in [1.82, 2.24) is 25.1 Å². The van der Waals surface area contributed by atoms with Gasteiger partial charge in [0.15, 0.2) is 5.13 Å². The zero-order valence-corrected chi connectivity index (χ0v) is 17.5. The molecule has 1 amide bonds. The highest BCUT2D eigenvalue weighted by atomic mass is 32.1. The Kier molecular flexibility index (Phi) is 6.39. The summed E-state index contributed by atoms with van der Waals surface area (Å²) in [4.78, 5) is 29.8. The Morgan fingerprint density at radius 2 is 1.93 bits per heavy atom. The molecule has 2 fully saturated rings. The number of piperazine rings is 1. The van der Waals surface area contributed by atoms with Crippen LogP contribution < -0.4 is 10.2 Å². The van der Waals surface area contributed by atoms with E-state index < -0.39 is 0 Å². The maximum absolute atomic E-state index is 12.5. The van der Waals surface area contributed by atoms with Crippen LogP contribution in [0.2, 0.25) is 0 Å². The Balaban J connectivity index is 1.19. The van der Waals surface area contributed by atoms with Gasteiger partial charge in [-0.3, -0.25) is 9.69 Å². The third kappa shape index (κ3) is 4.61. The number of hydrogen-bond acceptors (Lipinski definition) is 7. The molecular formula is C20H30N6OS. The maximum atomic E-state index is 12.5. The average Bonchev–Trinajstić information content (AvgIpc) is 3.18. The van der Waals surface area contributed by atoms with Crippen molar-refractivity contribution in [2.75, 3.05) is 63.8 Å². The van der Waals surface area contributed by atoms with Crippen LogP contribution in [0.3, 0.4) is 0 Å². The summed E-state index contributed by atoms with van der Waals surface area (Å²) < 4.78 is 0. The highest BCUT2D eigenvalue weighted by molar-refractivity contribution is 7.21. The highest BCUT2D eigenvalue weighted by Gasteiger charge is 2.26. The predicted molar refractivity (Wildman–Crippen MR) is 114 cm³/mol. The topological polar surface area (TPSA) is 64.6 Å². The Bertz CT molecular complexity index is 747. The van der Waals surface area contributed by atoms with Crippen LogP contribution in [0, 0.1) is 5.92 Å². The molecule has 0 aromatic carbocycles. The average molecular weight is 403 g/mol. The second-order valence-corrected chi connectivity index (χ2v) is 8.61. The summed E-state index contributed by atoms with van der Waals surface area (Å²) >= 11 is 1.64. The Morgan fingerprint density at radius 3 is 2.64 bits per heavy atom. The standard InChI is InChI=1S/C20H30N6OS/c1-2-24-12-14-25(15-13-24)11-8-21-18(27)16-5-9-26(10-6-16)20-23-17-4-3-7-22-19(17)28-20/h3-4,7,16H,2,5-6,8-15H2,1H3,(H,21,27). The highest BCUT2D eigenvalue weighted by Crippen LogP contribution is 2.30. The van der Waals surface area contributed by atoms with E-state index in [-0.39, 0.29) is 11.8 Å². The first kappa shape index (κ1) is 19.5. The molecule has 0 bridgehead atoms. The second kappa shape index (κ2) is 9.15. The lowest BCUT2D eigenvalue weighted by molar-refractivity contribution is -0.125. The minimum Gasteiger partial charge on any atom is -0.355 e. The fourth-order valence-corrected chi connectivity index (χ4v) is 5.00. The van der Waals surface area contributed by atoms with Gasteiger partial charge in [-0.2, -0.15) is 0 Å². The number of carbonyl (C=O) groups excluding carboxylic acids is 1. The second-order valence-electron chi connectivity index (χ2n) is 7.65.